The minimum Gasteiger partial charge on any atom is -0.366 e. The van der Waals surface area contributed by atoms with E-state index in [0.29, 0.717) is 12.4 Å². The molecule has 22 heavy (non-hydrogen) atoms. The van der Waals surface area contributed by atoms with E-state index >= 15 is 0 Å². The third-order valence-corrected chi connectivity index (χ3v) is 3.55. The number of nitrogens with zero attached hydrogens (tertiary/aromatic N) is 5. The predicted octanol–water partition coefficient (Wildman–Crippen LogP) is 2.50. The van der Waals surface area contributed by atoms with Crippen molar-refractivity contribution < 1.29 is 0 Å². The van der Waals surface area contributed by atoms with Gasteiger partial charge in [-0.3, -0.25) is 9.67 Å². The van der Waals surface area contributed by atoms with Crippen LogP contribution < -0.4 is 5.32 Å². The van der Waals surface area contributed by atoms with Crippen molar-refractivity contribution in [3.05, 3.63) is 53.7 Å². The van der Waals surface area contributed by atoms with Gasteiger partial charge in [0.2, 0.25) is 0 Å². The Morgan fingerprint density at radius 3 is 2.59 bits per heavy atom. The third kappa shape index (κ3) is 2.95. The van der Waals surface area contributed by atoms with Crippen molar-refractivity contribution in [1.29, 1.82) is 0 Å². The molecule has 0 saturated heterocycles. The van der Waals surface area contributed by atoms with Gasteiger partial charge in [-0.25, -0.2) is 9.97 Å². The van der Waals surface area contributed by atoms with Crippen LogP contribution in [0.1, 0.15) is 16.8 Å². The number of pyridine rings is 1. The minimum atomic E-state index is 0.681. The van der Waals surface area contributed by atoms with Crippen LogP contribution in [0.3, 0.4) is 0 Å². The van der Waals surface area contributed by atoms with E-state index in [9.17, 15) is 0 Å². The van der Waals surface area contributed by atoms with E-state index in [-0.39, 0.29) is 0 Å². The highest BCUT2D eigenvalue weighted by molar-refractivity contribution is 5.59. The van der Waals surface area contributed by atoms with Gasteiger partial charge in [-0.15, -0.1) is 0 Å². The first-order valence-corrected chi connectivity index (χ1v) is 7.10. The van der Waals surface area contributed by atoms with Gasteiger partial charge in [0.1, 0.15) is 5.82 Å². The lowest BCUT2D eigenvalue weighted by molar-refractivity contribution is 0.767. The Bertz CT molecular complexity index is 779. The Hall–Kier alpha value is -2.76. The zero-order valence-corrected chi connectivity index (χ0v) is 12.9. The molecule has 0 atom stereocenters. The number of anilines is 1. The average molecular weight is 294 g/mol. The molecule has 3 rings (SSSR count). The molecule has 3 heterocycles. The van der Waals surface area contributed by atoms with Gasteiger partial charge >= 0.3 is 0 Å². The van der Waals surface area contributed by atoms with Crippen LogP contribution in [-0.4, -0.2) is 24.7 Å². The summed E-state index contributed by atoms with van der Waals surface area (Å²) in [4.78, 5) is 13.2. The fourth-order valence-corrected chi connectivity index (χ4v) is 2.18. The zero-order valence-electron chi connectivity index (χ0n) is 12.9. The monoisotopic (exact) mass is 294 g/mol. The molecule has 3 aromatic rings. The van der Waals surface area contributed by atoms with Gasteiger partial charge < -0.3 is 5.32 Å². The van der Waals surface area contributed by atoms with Crippen molar-refractivity contribution in [2.24, 2.45) is 7.05 Å². The Balaban J connectivity index is 1.88. The molecule has 0 amide bonds. The van der Waals surface area contributed by atoms with E-state index in [2.05, 4.69) is 25.4 Å². The number of nitrogens with one attached hydrogen (secondary N) is 1. The van der Waals surface area contributed by atoms with Gasteiger partial charge in [-0.2, -0.15) is 5.10 Å². The minimum absolute atomic E-state index is 0.681. The van der Waals surface area contributed by atoms with Gasteiger partial charge in [0, 0.05) is 54.6 Å². The molecule has 0 aliphatic rings. The number of rotatable bonds is 4. The second-order valence-electron chi connectivity index (χ2n) is 5.22. The molecule has 1 N–H and O–H groups in total. The Kier molecular flexibility index (Phi) is 3.82. The molecule has 0 fully saturated rings. The van der Waals surface area contributed by atoms with E-state index in [1.54, 1.807) is 17.1 Å². The van der Waals surface area contributed by atoms with Crippen molar-refractivity contribution >= 4 is 5.82 Å². The van der Waals surface area contributed by atoms with Crippen LogP contribution in [0.15, 0.2) is 36.9 Å². The fourth-order valence-electron chi connectivity index (χ4n) is 2.18. The molecule has 0 saturated carbocycles. The van der Waals surface area contributed by atoms with Crippen LogP contribution in [0.25, 0.3) is 11.4 Å². The molecular weight excluding hydrogens is 276 g/mol. The van der Waals surface area contributed by atoms with E-state index in [4.69, 9.17) is 0 Å². The molecular formula is C16H18N6. The quantitative estimate of drug-likeness (QED) is 0.800. The fraction of sp³-hybridized carbons (Fsp3) is 0.250. The summed E-state index contributed by atoms with van der Waals surface area (Å²) in [6.45, 7) is 4.70. The standard InChI is InChI=1S/C16H18N6/c1-11-12(2)20-16(14-4-6-17-7-5-14)21-15(11)18-8-13-9-19-22(3)10-13/h4-7,9-10H,8H2,1-3H3,(H,18,20,21). The summed E-state index contributed by atoms with van der Waals surface area (Å²) in [5, 5.41) is 7.54. The summed E-state index contributed by atoms with van der Waals surface area (Å²) in [5.74, 6) is 1.56. The summed E-state index contributed by atoms with van der Waals surface area (Å²) >= 11 is 0. The highest BCUT2D eigenvalue weighted by Crippen LogP contribution is 2.21. The van der Waals surface area contributed by atoms with Crippen molar-refractivity contribution in [3.63, 3.8) is 0 Å². The number of hydrogen-bond acceptors (Lipinski definition) is 5. The highest BCUT2D eigenvalue weighted by Gasteiger charge is 2.09. The highest BCUT2D eigenvalue weighted by atomic mass is 15.2. The van der Waals surface area contributed by atoms with Crippen LogP contribution in [-0.2, 0) is 13.6 Å². The number of aromatic nitrogens is 5. The maximum atomic E-state index is 4.65. The van der Waals surface area contributed by atoms with Gasteiger partial charge in [-0.05, 0) is 26.0 Å². The first-order valence-electron chi connectivity index (χ1n) is 7.10. The maximum Gasteiger partial charge on any atom is 0.161 e. The molecule has 0 aromatic carbocycles. The molecule has 6 heteroatoms. The van der Waals surface area contributed by atoms with Crippen molar-refractivity contribution in [2.45, 2.75) is 20.4 Å². The topological polar surface area (TPSA) is 68.5 Å². The van der Waals surface area contributed by atoms with Crippen molar-refractivity contribution in [3.8, 4) is 11.4 Å². The van der Waals surface area contributed by atoms with Crippen LogP contribution in [0, 0.1) is 13.8 Å². The molecule has 112 valence electrons. The Morgan fingerprint density at radius 2 is 1.91 bits per heavy atom. The van der Waals surface area contributed by atoms with Crippen LogP contribution in [0.5, 0.6) is 0 Å². The van der Waals surface area contributed by atoms with Crippen molar-refractivity contribution in [1.82, 2.24) is 24.7 Å². The first-order chi connectivity index (χ1) is 10.6. The summed E-state index contributed by atoms with van der Waals surface area (Å²) in [6.07, 6.45) is 7.33. The van der Waals surface area contributed by atoms with E-state index in [1.807, 2.05) is 45.4 Å². The molecule has 0 spiro atoms. The van der Waals surface area contributed by atoms with Crippen molar-refractivity contribution in [2.75, 3.05) is 5.32 Å². The van der Waals surface area contributed by atoms with Gasteiger partial charge in [0.15, 0.2) is 5.82 Å². The molecule has 0 bridgehead atoms. The van der Waals surface area contributed by atoms with Gasteiger partial charge in [0.05, 0.1) is 6.20 Å². The van der Waals surface area contributed by atoms with Crippen LogP contribution >= 0.6 is 0 Å². The van der Waals surface area contributed by atoms with Gasteiger partial charge in [-0.1, -0.05) is 0 Å². The third-order valence-electron chi connectivity index (χ3n) is 3.55. The Labute approximate surface area is 129 Å². The van der Waals surface area contributed by atoms with E-state index in [0.717, 1.165) is 28.2 Å². The number of aryl methyl sites for hydroxylation is 2. The molecule has 0 aliphatic heterocycles. The summed E-state index contributed by atoms with van der Waals surface area (Å²) < 4.78 is 1.79. The summed E-state index contributed by atoms with van der Waals surface area (Å²) in [7, 11) is 1.91. The molecule has 3 aromatic heterocycles. The zero-order chi connectivity index (χ0) is 15.5. The second-order valence-corrected chi connectivity index (χ2v) is 5.22. The summed E-state index contributed by atoms with van der Waals surface area (Å²) in [6, 6.07) is 3.82. The first kappa shape index (κ1) is 14.2. The number of hydrogen-bond donors (Lipinski definition) is 1. The normalized spacial score (nSPS) is 10.7. The average Bonchev–Trinajstić information content (AvgIpc) is 2.95. The largest absolute Gasteiger partial charge is 0.366 e. The van der Waals surface area contributed by atoms with Crippen LogP contribution in [0.4, 0.5) is 5.82 Å². The predicted molar refractivity (Wildman–Crippen MR) is 85.3 cm³/mol. The van der Waals surface area contributed by atoms with E-state index in [1.165, 1.54) is 0 Å². The maximum absolute atomic E-state index is 4.65. The van der Waals surface area contributed by atoms with Gasteiger partial charge in [0.25, 0.3) is 0 Å². The lowest BCUT2D eigenvalue weighted by atomic mass is 10.2. The second kappa shape index (κ2) is 5.93. The molecule has 0 radical (unpaired) electrons. The lowest BCUT2D eigenvalue weighted by Crippen LogP contribution is -2.06. The smallest absolute Gasteiger partial charge is 0.161 e. The molecule has 0 aliphatic carbocycles. The molecule has 6 nitrogen and oxygen atoms in total. The summed E-state index contributed by atoms with van der Waals surface area (Å²) in [5.41, 5.74) is 4.10. The lowest BCUT2D eigenvalue weighted by Gasteiger charge is -2.11. The van der Waals surface area contributed by atoms with Crippen LogP contribution in [0.2, 0.25) is 0 Å². The Morgan fingerprint density at radius 1 is 1.14 bits per heavy atom. The van der Waals surface area contributed by atoms with E-state index < -0.39 is 0 Å². The SMILES string of the molecule is Cc1nc(-c2ccncc2)nc(NCc2cnn(C)c2)c1C. The molecule has 0 unspecified atom stereocenters.